The summed E-state index contributed by atoms with van der Waals surface area (Å²) in [5, 5.41) is 22.4. The lowest BCUT2D eigenvalue weighted by molar-refractivity contribution is -0.177. The number of carbonyl (C=O) groups is 3. The first-order valence-corrected chi connectivity index (χ1v) is 10.7. The maximum absolute atomic E-state index is 13.0. The zero-order valence-corrected chi connectivity index (χ0v) is 17.5. The van der Waals surface area contributed by atoms with Crippen molar-refractivity contribution in [3.8, 4) is 0 Å². The van der Waals surface area contributed by atoms with Crippen molar-refractivity contribution in [1.82, 2.24) is 0 Å². The van der Waals surface area contributed by atoms with E-state index in [2.05, 4.69) is 6.92 Å². The summed E-state index contributed by atoms with van der Waals surface area (Å²) in [6, 6.07) is 0. The number of rotatable bonds is 3. The molecule has 0 aromatic rings. The van der Waals surface area contributed by atoms with Crippen molar-refractivity contribution in [1.29, 1.82) is 0 Å². The number of ether oxygens (including phenoxy) is 2. The molecule has 0 aromatic carbocycles. The van der Waals surface area contributed by atoms with E-state index in [9.17, 15) is 24.6 Å². The SMILES string of the molecule is CC(=O)OCC(=O)[C@@]1(O)[C@H](O)C[C@H]2[C@@H]3CCC4=CC(=O)C=C[C@]4(C)C34OC4C[C@@]21C. The highest BCUT2D eigenvalue weighted by molar-refractivity contribution is 6.01. The molecule has 8 atom stereocenters. The first-order chi connectivity index (χ1) is 14.0. The van der Waals surface area contributed by atoms with E-state index < -0.39 is 46.5 Å². The minimum atomic E-state index is -1.99. The number of allylic oxidation sites excluding steroid dienone is 2. The fourth-order valence-electron chi connectivity index (χ4n) is 7.44. The molecule has 4 fully saturated rings. The second kappa shape index (κ2) is 5.90. The normalized spacial score (nSPS) is 50.6. The first kappa shape index (κ1) is 20.1. The van der Waals surface area contributed by atoms with Crippen LogP contribution in [0.3, 0.4) is 0 Å². The molecule has 1 spiro atoms. The summed E-state index contributed by atoms with van der Waals surface area (Å²) in [6.45, 7) is 4.62. The smallest absolute Gasteiger partial charge is 0.303 e. The molecule has 162 valence electrons. The molecule has 1 heterocycles. The number of Topliss-reactive ketones (excluding diaryl/α,β-unsaturated/α-hetero) is 1. The molecular weight excluding hydrogens is 388 g/mol. The summed E-state index contributed by atoms with van der Waals surface area (Å²) >= 11 is 0. The molecule has 3 saturated carbocycles. The van der Waals surface area contributed by atoms with Crippen molar-refractivity contribution in [2.75, 3.05) is 6.61 Å². The number of fused-ring (bicyclic) bond motifs is 3. The average Bonchev–Trinajstić information content (AvgIpc) is 3.36. The van der Waals surface area contributed by atoms with E-state index >= 15 is 0 Å². The number of epoxide rings is 1. The Morgan fingerprint density at radius 2 is 2.03 bits per heavy atom. The van der Waals surface area contributed by atoms with Crippen molar-refractivity contribution < 1.29 is 34.1 Å². The number of carbonyl (C=O) groups excluding carboxylic acids is 3. The monoisotopic (exact) mass is 416 g/mol. The molecule has 2 unspecified atom stereocenters. The average molecular weight is 416 g/mol. The highest BCUT2D eigenvalue weighted by Crippen LogP contribution is 2.75. The van der Waals surface area contributed by atoms with E-state index in [-0.39, 0.29) is 23.7 Å². The Bertz CT molecular complexity index is 921. The summed E-state index contributed by atoms with van der Waals surface area (Å²) in [4.78, 5) is 36.1. The minimum absolute atomic E-state index is 0.00287. The number of esters is 1. The second-order valence-corrected chi connectivity index (χ2v) is 10.1. The predicted molar refractivity (Wildman–Crippen MR) is 104 cm³/mol. The van der Waals surface area contributed by atoms with E-state index in [0.29, 0.717) is 12.8 Å². The number of ketones is 2. The summed E-state index contributed by atoms with van der Waals surface area (Å²) in [7, 11) is 0. The zero-order chi connectivity index (χ0) is 21.7. The summed E-state index contributed by atoms with van der Waals surface area (Å²) < 4.78 is 11.2. The molecule has 5 aliphatic rings. The Morgan fingerprint density at radius 1 is 1.30 bits per heavy atom. The van der Waals surface area contributed by atoms with E-state index in [1.54, 1.807) is 12.2 Å². The summed E-state index contributed by atoms with van der Waals surface area (Å²) in [6.07, 6.45) is 6.14. The molecular formula is C23H28O7. The van der Waals surface area contributed by atoms with Gasteiger partial charge in [-0.2, -0.15) is 0 Å². The number of aliphatic hydroxyl groups excluding tert-OH is 1. The van der Waals surface area contributed by atoms with Gasteiger partial charge in [-0.3, -0.25) is 14.4 Å². The van der Waals surface area contributed by atoms with Crippen molar-refractivity contribution in [3.05, 3.63) is 23.8 Å². The van der Waals surface area contributed by atoms with Gasteiger partial charge in [0.1, 0.15) is 5.60 Å². The van der Waals surface area contributed by atoms with Crippen LogP contribution in [0.1, 0.15) is 46.5 Å². The predicted octanol–water partition coefficient (Wildman–Crippen LogP) is 1.26. The van der Waals surface area contributed by atoms with Crippen LogP contribution in [0.5, 0.6) is 0 Å². The molecule has 1 saturated heterocycles. The zero-order valence-electron chi connectivity index (χ0n) is 17.5. The van der Waals surface area contributed by atoms with Gasteiger partial charge in [-0.15, -0.1) is 0 Å². The van der Waals surface area contributed by atoms with Gasteiger partial charge in [0, 0.05) is 17.8 Å². The van der Waals surface area contributed by atoms with Gasteiger partial charge in [0.25, 0.3) is 0 Å². The fraction of sp³-hybridized carbons (Fsp3) is 0.696. The van der Waals surface area contributed by atoms with E-state index in [4.69, 9.17) is 9.47 Å². The lowest BCUT2D eigenvalue weighted by Crippen LogP contribution is -2.63. The second-order valence-electron chi connectivity index (χ2n) is 10.1. The third-order valence-corrected chi connectivity index (χ3v) is 8.99. The topological polar surface area (TPSA) is 113 Å². The molecule has 30 heavy (non-hydrogen) atoms. The van der Waals surface area contributed by atoms with Gasteiger partial charge in [-0.05, 0) is 56.6 Å². The van der Waals surface area contributed by atoms with Gasteiger partial charge >= 0.3 is 5.97 Å². The van der Waals surface area contributed by atoms with E-state index in [1.807, 2.05) is 13.0 Å². The maximum atomic E-state index is 13.0. The van der Waals surface area contributed by atoms with Gasteiger partial charge < -0.3 is 19.7 Å². The molecule has 5 rings (SSSR count). The Morgan fingerprint density at radius 3 is 2.73 bits per heavy atom. The van der Waals surface area contributed by atoms with Gasteiger partial charge in [-0.1, -0.05) is 18.6 Å². The van der Waals surface area contributed by atoms with Crippen molar-refractivity contribution in [2.24, 2.45) is 22.7 Å². The lowest BCUT2D eigenvalue weighted by atomic mass is 9.47. The molecule has 0 aromatic heterocycles. The van der Waals surface area contributed by atoms with Crippen LogP contribution in [-0.2, 0) is 23.9 Å². The van der Waals surface area contributed by atoms with E-state index in [0.717, 1.165) is 18.4 Å². The number of hydrogen-bond donors (Lipinski definition) is 2. The van der Waals surface area contributed by atoms with Crippen LogP contribution in [0, 0.1) is 22.7 Å². The Balaban J connectivity index is 1.52. The van der Waals surface area contributed by atoms with Gasteiger partial charge in [0.15, 0.2) is 18.0 Å². The highest BCUT2D eigenvalue weighted by atomic mass is 16.6. The Labute approximate surface area is 175 Å². The van der Waals surface area contributed by atoms with Crippen LogP contribution < -0.4 is 0 Å². The van der Waals surface area contributed by atoms with Crippen molar-refractivity contribution in [2.45, 2.75) is 69.9 Å². The Kier molecular flexibility index (Phi) is 3.95. The molecule has 1 aliphatic heterocycles. The van der Waals surface area contributed by atoms with Crippen LogP contribution in [0.15, 0.2) is 23.8 Å². The molecule has 4 aliphatic carbocycles. The van der Waals surface area contributed by atoms with Crippen LogP contribution >= 0.6 is 0 Å². The van der Waals surface area contributed by atoms with Crippen LogP contribution in [-0.4, -0.2) is 57.8 Å². The van der Waals surface area contributed by atoms with Crippen LogP contribution in [0.25, 0.3) is 0 Å². The molecule has 0 bridgehead atoms. The molecule has 0 radical (unpaired) electrons. The largest absolute Gasteiger partial charge is 0.458 e. The van der Waals surface area contributed by atoms with Crippen molar-refractivity contribution >= 4 is 17.5 Å². The van der Waals surface area contributed by atoms with E-state index in [1.165, 1.54) is 6.92 Å². The summed E-state index contributed by atoms with van der Waals surface area (Å²) in [5.74, 6) is -1.34. The van der Waals surface area contributed by atoms with Crippen LogP contribution in [0.2, 0.25) is 0 Å². The van der Waals surface area contributed by atoms with Crippen LogP contribution in [0.4, 0.5) is 0 Å². The third kappa shape index (κ3) is 2.13. The fourth-order valence-corrected chi connectivity index (χ4v) is 7.44. The van der Waals surface area contributed by atoms with Crippen molar-refractivity contribution in [3.63, 3.8) is 0 Å². The molecule has 0 amide bonds. The summed E-state index contributed by atoms with van der Waals surface area (Å²) in [5.41, 5.74) is -2.66. The van der Waals surface area contributed by atoms with Gasteiger partial charge in [-0.25, -0.2) is 0 Å². The van der Waals surface area contributed by atoms with Gasteiger partial charge in [0.2, 0.25) is 5.78 Å². The van der Waals surface area contributed by atoms with Gasteiger partial charge in [0.05, 0.1) is 12.2 Å². The minimum Gasteiger partial charge on any atom is -0.458 e. The standard InChI is InChI=1S/C23H28O7/c1-12(24)29-11-18(27)22(28)17(26)9-16-15-5-4-13-8-14(25)6-7-20(13,2)23(15)19(30-23)10-21(16,22)3/h6-8,15-17,19,26,28H,4-5,9-11H2,1-3H3/t15-,16-,17+,19?,20-,21-,22-,23?/m0/s1. The Hall–Kier alpha value is -1.83. The lowest BCUT2D eigenvalue weighted by Gasteiger charge is -2.55. The molecule has 7 heteroatoms. The first-order valence-electron chi connectivity index (χ1n) is 10.7. The highest BCUT2D eigenvalue weighted by Gasteiger charge is 2.82. The number of hydrogen-bond acceptors (Lipinski definition) is 7. The molecule has 2 N–H and O–H groups in total. The third-order valence-electron chi connectivity index (χ3n) is 8.99. The quantitative estimate of drug-likeness (QED) is 0.526. The maximum Gasteiger partial charge on any atom is 0.303 e. The number of aliphatic hydroxyl groups is 2. The molecule has 7 nitrogen and oxygen atoms in total.